The molecule has 0 spiro atoms. The molecule has 1 aliphatic rings. The quantitative estimate of drug-likeness (QED) is 0.653. The summed E-state index contributed by atoms with van der Waals surface area (Å²) in [6.45, 7) is 0.104. The number of aliphatic hydroxyl groups excluding tert-OH is 1. The second-order valence-electron chi connectivity index (χ2n) is 2.72. The van der Waals surface area contributed by atoms with Gasteiger partial charge in [-0.3, -0.25) is 4.68 Å². The van der Waals surface area contributed by atoms with Crippen molar-refractivity contribution in [3.05, 3.63) is 18.0 Å². The van der Waals surface area contributed by atoms with Crippen LogP contribution in [0.1, 0.15) is 24.4 Å². The molecule has 0 aliphatic heterocycles. The summed E-state index contributed by atoms with van der Waals surface area (Å²) < 4.78 is 1.94. The van der Waals surface area contributed by atoms with E-state index in [1.807, 2.05) is 10.9 Å². The van der Waals surface area contributed by atoms with Gasteiger partial charge >= 0.3 is 0 Å². The summed E-state index contributed by atoms with van der Waals surface area (Å²) in [6, 6.07) is 0.625. The lowest BCUT2D eigenvalue weighted by molar-refractivity contribution is 0.281. The monoisotopic (exact) mass is 138 g/mol. The Bertz CT molecular complexity index is 227. The van der Waals surface area contributed by atoms with Gasteiger partial charge in [0.15, 0.2) is 0 Å². The van der Waals surface area contributed by atoms with Crippen LogP contribution in [0.2, 0.25) is 0 Å². The standard InChI is InChI=1S/C7H10N2O/c10-5-6-3-8-9(4-6)7-1-2-7/h3-4,7,10H,1-2,5H2. The van der Waals surface area contributed by atoms with Crippen LogP contribution >= 0.6 is 0 Å². The molecule has 2 rings (SSSR count). The fourth-order valence-electron chi connectivity index (χ4n) is 0.998. The van der Waals surface area contributed by atoms with E-state index in [2.05, 4.69) is 5.10 Å². The van der Waals surface area contributed by atoms with Crippen molar-refractivity contribution in [2.24, 2.45) is 0 Å². The molecule has 1 N–H and O–H groups in total. The maximum absolute atomic E-state index is 8.70. The van der Waals surface area contributed by atoms with E-state index in [1.165, 1.54) is 12.8 Å². The molecule has 3 heteroatoms. The van der Waals surface area contributed by atoms with Crippen molar-refractivity contribution in [3.63, 3.8) is 0 Å². The molecule has 10 heavy (non-hydrogen) atoms. The zero-order valence-electron chi connectivity index (χ0n) is 5.70. The fourth-order valence-corrected chi connectivity index (χ4v) is 0.998. The smallest absolute Gasteiger partial charge is 0.0712 e. The Balaban J connectivity index is 2.19. The summed E-state index contributed by atoms with van der Waals surface area (Å²) in [5.74, 6) is 0. The lowest BCUT2D eigenvalue weighted by atomic mass is 10.4. The average molecular weight is 138 g/mol. The van der Waals surface area contributed by atoms with Gasteiger partial charge in [0.05, 0.1) is 18.8 Å². The highest BCUT2D eigenvalue weighted by molar-refractivity contribution is 5.03. The highest BCUT2D eigenvalue weighted by Crippen LogP contribution is 2.33. The normalized spacial score (nSPS) is 17.7. The topological polar surface area (TPSA) is 38.1 Å². The minimum Gasteiger partial charge on any atom is -0.392 e. The summed E-state index contributed by atoms with van der Waals surface area (Å²) in [7, 11) is 0. The molecule has 1 aromatic rings. The van der Waals surface area contributed by atoms with Crippen LogP contribution < -0.4 is 0 Å². The maximum atomic E-state index is 8.70. The minimum atomic E-state index is 0.104. The van der Waals surface area contributed by atoms with Crippen LogP contribution in [0.3, 0.4) is 0 Å². The Labute approximate surface area is 59.3 Å². The van der Waals surface area contributed by atoms with Crippen molar-refractivity contribution >= 4 is 0 Å². The molecular formula is C7H10N2O. The summed E-state index contributed by atoms with van der Waals surface area (Å²) in [5.41, 5.74) is 0.909. The zero-order chi connectivity index (χ0) is 6.97. The largest absolute Gasteiger partial charge is 0.392 e. The van der Waals surface area contributed by atoms with Crippen LogP contribution in [-0.2, 0) is 6.61 Å². The van der Waals surface area contributed by atoms with Gasteiger partial charge in [0.1, 0.15) is 0 Å². The molecule has 0 unspecified atom stereocenters. The van der Waals surface area contributed by atoms with Crippen LogP contribution in [-0.4, -0.2) is 14.9 Å². The van der Waals surface area contributed by atoms with E-state index in [0.717, 1.165) is 5.56 Å². The van der Waals surface area contributed by atoms with Crippen molar-refractivity contribution in [1.29, 1.82) is 0 Å². The first kappa shape index (κ1) is 5.92. The van der Waals surface area contributed by atoms with Crippen LogP contribution in [0.5, 0.6) is 0 Å². The fraction of sp³-hybridized carbons (Fsp3) is 0.571. The van der Waals surface area contributed by atoms with Crippen LogP contribution in [0.15, 0.2) is 12.4 Å². The third-order valence-electron chi connectivity index (χ3n) is 1.76. The third-order valence-corrected chi connectivity index (χ3v) is 1.76. The van der Waals surface area contributed by atoms with Crippen LogP contribution in [0.25, 0.3) is 0 Å². The SMILES string of the molecule is OCc1cnn(C2CC2)c1. The van der Waals surface area contributed by atoms with Gasteiger partial charge in [-0.15, -0.1) is 0 Å². The number of hydrogen-bond donors (Lipinski definition) is 1. The molecule has 54 valence electrons. The molecule has 1 fully saturated rings. The lowest BCUT2D eigenvalue weighted by Gasteiger charge is -1.92. The molecule has 1 aromatic heterocycles. The van der Waals surface area contributed by atoms with Gasteiger partial charge in [-0.1, -0.05) is 0 Å². The molecule has 0 radical (unpaired) electrons. The van der Waals surface area contributed by atoms with Gasteiger partial charge in [-0.05, 0) is 12.8 Å². The zero-order valence-corrected chi connectivity index (χ0v) is 5.70. The molecule has 1 aliphatic carbocycles. The Hall–Kier alpha value is -0.830. The Morgan fingerprint density at radius 2 is 2.50 bits per heavy atom. The van der Waals surface area contributed by atoms with Crippen molar-refractivity contribution in [3.8, 4) is 0 Å². The molecule has 3 nitrogen and oxygen atoms in total. The maximum Gasteiger partial charge on any atom is 0.0712 e. The van der Waals surface area contributed by atoms with Gasteiger partial charge in [0.2, 0.25) is 0 Å². The molecule has 0 amide bonds. The third kappa shape index (κ3) is 0.926. The summed E-state index contributed by atoms with van der Waals surface area (Å²) >= 11 is 0. The molecular weight excluding hydrogens is 128 g/mol. The Kier molecular flexibility index (Phi) is 1.24. The van der Waals surface area contributed by atoms with E-state index in [9.17, 15) is 0 Å². The lowest BCUT2D eigenvalue weighted by Crippen LogP contribution is -1.92. The number of aliphatic hydroxyl groups is 1. The molecule has 0 aromatic carbocycles. The van der Waals surface area contributed by atoms with E-state index in [-0.39, 0.29) is 6.61 Å². The highest BCUT2D eigenvalue weighted by Gasteiger charge is 2.23. The van der Waals surface area contributed by atoms with Gasteiger partial charge in [0, 0.05) is 11.8 Å². The molecule has 1 heterocycles. The van der Waals surface area contributed by atoms with Crippen molar-refractivity contribution < 1.29 is 5.11 Å². The number of nitrogens with zero attached hydrogens (tertiary/aromatic N) is 2. The molecule has 0 saturated heterocycles. The number of aromatic nitrogens is 2. The van der Waals surface area contributed by atoms with Crippen molar-refractivity contribution in [2.45, 2.75) is 25.5 Å². The first-order valence-electron chi connectivity index (χ1n) is 3.54. The van der Waals surface area contributed by atoms with Gasteiger partial charge in [-0.2, -0.15) is 5.10 Å². The predicted octanol–water partition coefficient (Wildman–Crippen LogP) is 0.710. The summed E-state index contributed by atoms with van der Waals surface area (Å²) in [4.78, 5) is 0. The average Bonchev–Trinajstić information content (AvgIpc) is 2.70. The molecule has 0 bridgehead atoms. The van der Waals surface area contributed by atoms with Crippen molar-refractivity contribution in [1.82, 2.24) is 9.78 Å². The minimum absolute atomic E-state index is 0.104. The van der Waals surface area contributed by atoms with E-state index in [1.54, 1.807) is 6.20 Å². The molecule has 1 saturated carbocycles. The van der Waals surface area contributed by atoms with E-state index >= 15 is 0 Å². The van der Waals surface area contributed by atoms with E-state index in [4.69, 9.17) is 5.11 Å². The predicted molar refractivity (Wildman–Crippen MR) is 36.4 cm³/mol. The highest BCUT2D eigenvalue weighted by atomic mass is 16.3. The van der Waals surface area contributed by atoms with Gasteiger partial charge in [0.25, 0.3) is 0 Å². The second kappa shape index (κ2) is 2.09. The van der Waals surface area contributed by atoms with Crippen LogP contribution in [0, 0.1) is 0 Å². The molecule has 0 atom stereocenters. The Morgan fingerprint density at radius 1 is 1.70 bits per heavy atom. The summed E-state index contributed by atoms with van der Waals surface area (Å²) in [6.07, 6.45) is 6.12. The van der Waals surface area contributed by atoms with Gasteiger partial charge < -0.3 is 5.11 Å². The van der Waals surface area contributed by atoms with Crippen LogP contribution in [0.4, 0.5) is 0 Å². The van der Waals surface area contributed by atoms with Crippen molar-refractivity contribution in [2.75, 3.05) is 0 Å². The van der Waals surface area contributed by atoms with E-state index < -0.39 is 0 Å². The Morgan fingerprint density at radius 3 is 3.00 bits per heavy atom. The first-order chi connectivity index (χ1) is 4.90. The van der Waals surface area contributed by atoms with E-state index in [0.29, 0.717) is 6.04 Å². The second-order valence-corrected chi connectivity index (χ2v) is 2.72. The van der Waals surface area contributed by atoms with Gasteiger partial charge in [-0.25, -0.2) is 0 Å². The first-order valence-corrected chi connectivity index (χ1v) is 3.54. The number of rotatable bonds is 2. The summed E-state index contributed by atoms with van der Waals surface area (Å²) in [5, 5.41) is 12.8. The number of hydrogen-bond acceptors (Lipinski definition) is 2.